The molecule has 1 N–H and O–H groups in total. The second-order valence-corrected chi connectivity index (χ2v) is 6.03. The fourth-order valence-corrected chi connectivity index (χ4v) is 3.36. The predicted molar refractivity (Wildman–Crippen MR) is 85.6 cm³/mol. The molecule has 0 radical (unpaired) electrons. The Labute approximate surface area is 129 Å². The Morgan fingerprint density at radius 3 is 2.57 bits per heavy atom. The summed E-state index contributed by atoms with van der Waals surface area (Å²) in [5.41, 5.74) is 0. The number of carboxylic acid groups (broad SMARTS) is 1. The summed E-state index contributed by atoms with van der Waals surface area (Å²) >= 11 is 0. The fourth-order valence-electron chi connectivity index (χ4n) is 3.36. The van der Waals surface area contributed by atoms with Gasteiger partial charge >= 0.3 is 5.97 Å². The van der Waals surface area contributed by atoms with E-state index < -0.39 is 5.97 Å². The van der Waals surface area contributed by atoms with E-state index in [9.17, 15) is 4.79 Å². The molecule has 4 nitrogen and oxygen atoms in total. The topological polar surface area (TPSA) is 49.8 Å². The van der Waals surface area contributed by atoms with E-state index in [-0.39, 0.29) is 6.42 Å². The van der Waals surface area contributed by atoms with Gasteiger partial charge in [0.1, 0.15) is 0 Å². The van der Waals surface area contributed by atoms with E-state index in [1.807, 2.05) is 13.8 Å². The van der Waals surface area contributed by atoms with Gasteiger partial charge in [-0.3, -0.25) is 4.79 Å². The first kappa shape index (κ1) is 18.4. The lowest BCUT2D eigenvalue weighted by molar-refractivity contribution is -0.137. The molecule has 2 aliphatic rings. The van der Waals surface area contributed by atoms with Crippen molar-refractivity contribution in [2.75, 3.05) is 26.2 Å². The quantitative estimate of drug-likeness (QED) is 0.843. The van der Waals surface area contributed by atoms with Crippen molar-refractivity contribution in [1.29, 1.82) is 0 Å². The molecule has 1 aliphatic carbocycles. The van der Waals surface area contributed by atoms with E-state index >= 15 is 0 Å². The average molecular weight is 299 g/mol. The molecule has 4 heteroatoms. The van der Waals surface area contributed by atoms with Gasteiger partial charge in [-0.1, -0.05) is 46.0 Å². The fraction of sp³-hybridized carbons (Fsp3) is 0.941. The van der Waals surface area contributed by atoms with Crippen molar-refractivity contribution in [1.82, 2.24) is 4.90 Å². The van der Waals surface area contributed by atoms with E-state index in [0.717, 1.165) is 32.0 Å². The van der Waals surface area contributed by atoms with Crippen molar-refractivity contribution in [2.45, 2.75) is 71.3 Å². The van der Waals surface area contributed by atoms with Crippen LogP contribution in [0.15, 0.2) is 0 Å². The normalized spacial score (nSPS) is 24.8. The lowest BCUT2D eigenvalue weighted by atomic mass is 9.85. The lowest BCUT2D eigenvalue weighted by Gasteiger charge is -2.28. The van der Waals surface area contributed by atoms with Crippen LogP contribution in [0.2, 0.25) is 0 Å². The molecule has 1 aliphatic heterocycles. The first-order chi connectivity index (χ1) is 10.2. The number of hydrogen-bond acceptors (Lipinski definition) is 3. The Kier molecular flexibility index (Phi) is 9.68. The van der Waals surface area contributed by atoms with E-state index in [2.05, 4.69) is 4.90 Å². The zero-order chi connectivity index (χ0) is 15.5. The van der Waals surface area contributed by atoms with Crippen LogP contribution < -0.4 is 0 Å². The van der Waals surface area contributed by atoms with Gasteiger partial charge in [0.05, 0.1) is 12.5 Å². The molecule has 1 atom stereocenters. The molecule has 0 spiro atoms. The SMILES string of the molecule is CC.O=C(O)CCN1CCCOC(CC2CCCCC2)C1. The zero-order valence-corrected chi connectivity index (χ0v) is 13.9. The minimum absolute atomic E-state index is 0.246. The van der Waals surface area contributed by atoms with Crippen LogP contribution in [0.4, 0.5) is 0 Å². The molecule has 2 rings (SSSR count). The van der Waals surface area contributed by atoms with E-state index in [1.165, 1.54) is 38.5 Å². The Morgan fingerprint density at radius 2 is 1.90 bits per heavy atom. The van der Waals surface area contributed by atoms with Crippen LogP contribution in [0.1, 0.15) is 65.2 Å². The maximum Gasteiger partial charge on any atom is 0.304 e. The van der Waals surface area contributed by atoms with Gasteiger partial charge in [0.25, 0.3) is 0 Å². The third-order valence-electron chi connectivity index (χ3n) is 4.40. The van der Waals surface area contributed by atoms with Crippen LogP contribution in [0, 0.1) is 5.92 Å². The van der Waals surface area contributed by atoms with Crippen LogP contribution in [-0.2, 0) is 9.53 Å². The standard InChI is InChI=1S/C15H27NO3.C2H6/c17-15(18)7-9-16-8-4-10-19-14(12-16)11-13-5-2-1-3-6-13;1-2/h13-14H,1-12H2,(H,17,18);1-2H3. The van der Waals surface area contributed by atoms with E-state index in [4.69, 9.17) is 9.84 Å². The smallest absolute Gasteiger partial charge is 0.304 e. The highest BCUT2D eigenvalue weighted by Crippen LogP contribution is 2.28. The number of nitrogens with zero attached hydrogens (tertiary/aromatic N) is 1. The van der Waals surface area contributed by atoms with Gasteiger partial charge in [0, 0.05) is 26.2 Å². The third kappa shape index (κ3) is 7.82. The van der Waals surface area contributed by atoms with Crippen LogP contribution in [0.5, 0.6) is 0 Å². The molecule has 21 heavy (non-hydrogen) atoms. The summed E-state index contributed by atoms with van der Waals surface area (Å²) in [5, 5.41) is 8.78. The Balaban J connectivity index is 0.00000106. The van der Waals surface area contributed by atoms with Gasteiger partial charge in [-0.15, -0.1) is 0 Å². The molecule has 0 aromatic carbocycles. The number of ether oxygens (including phenoxy) is 1. The molecular formula is C17H33NO3. The van der Waals surface area contributed by atoms with Crippen molar-refractivity contribution in [2.24, 2.45) is 5.92 Å². The second-order valence-electron chi connectivity index (χ2n) is 6.03. The summed E-state index contributed by atoms with van der Waals surface area (Å²) in [7, 11) is 0. The van der Waals surface area contributed by atoms with Gasteiger partial charge in [-0.2, -0.15) is 0 Å². The number of carbonyl (C=O) groups is 1. The van der Waals surface area contributed by atoms with Crippen LogP contribution >= 0.6 is 0 Å². The summed E-state index contributed by atoms with van der Waals surface area (Å²) in [4.78, 5) is 12.9. The van der Waals surface area contributed by atoms with E-state index in [0.29, 0.717) is 12.6 Å². The molecule has 1 heterocycles. The molecule has 0 aromatic heterocycles. The van der Waals surface area contributed by atoms with Crippen LogP contribution in [0.25, 0.3) is 0 Å². The van der Waals surface area contributed by atoms with Gasteiger partial charge in [0.2, 0.25) is 0 Å². The van der Waals surface area contributed by atoms with Gasteiger partial charge < -0.3 is 14.7 Å². The maximum absolute atomic E-state index is 10.7. The van der Waals surface area contributed by atoms with Crippen molar-refractivity contribution in [3.63, 3.8) is 0 Å². The molecule has 2 fully saturated rings. The number of hydrogen-bond donors (Lipinski definition) is 1. The molecule has 0 amide bonds. The van der Waals surface area contributed by atoms with Gasteiger partial charge in [-0.05, 0) is 18.8 Å². The first-order valence-corrected chi connectivity index (χ1v) is 8.80. The highest BCUT2D eigenvalue weighted by Gasteiger charge is 2.23. The monoisotopic (exact) mass is 299 g/mol. The minimum atomic E-state index is -0.700. The molecule has 1 unspecified atom stereocenters. The summed E-state index contributed by atoms with van der Waals surface area (Å²) in [5.74, 6) is 0.132. The Morgan fingerprint density at radius 1 is 1.19 bits per heavy atom. The summed E-state index contributed by atoms with van der Waals surface area (Å²) in [6, 6.07) is 0. The summed E-state index contributed by atoms with van der Waals surface area (Å²) < 4.78 is 5.95. The maximum atomic E-state index is 10.7. The van der Waals surface area contributed by atoms with Crippen molar-refractivity contribution in [3.05, 3.63) is 0 Å². The molecule has 1 saturated heterocycles. The first-order valence-electron chi connectivity index (χ1n) is 8.80. The third-order valence-corrected chi connectivity index (χ3v) is 4.40. The number of carboxylic acids is 1. The van der Waals surface area contributed by atoms with Gasteiger partial charge in [-0.25, -0.2) is 0 Å². The van der Waals surface area contributed by atoms with Crippen molar-refractivity contribution in [3.8, 4) is 0 Å². The van der Waals surface area contributed by atoms with Crippen LogP contribution in [0.3, 0.4) is 0 Å². The number of aliphatic carboxylic acids is 1. The molecular weight excluding hydrogens is 266 g/mol. The van der Waals surface area contributed by atoms with Crippen LogP contribution in [-0.4, -0.2) is 48.3 Å². The molecule has 1 saturated carbocycles. The molecule has 124 valence electrons. The highest BCUT2D eigenvalue weighted by atomic mass is 16.5. The largest absolute Gasteiger partial charge is 0.481 e. The lowest BCUT2D eigenvalue weighted by Crippen LogP contribution is -2.34. The van der Waals surface area contributed by atoms with Crippen molar-refractivity contribution >= 4 is 5.97 Å². The average Bonchev–Trinajstić information content (AvgIpc) is 2.73. The Bertz CT molecular complexity index is 277. The molecule has 0 aromatic rings. The van der Waals surface area contributed by atoms with E-state index in [1.54, 1.807) is 0 Å². The number of rotatable bonds is 5. The predicted octanol–water partition coefficient (Wildman–Crippen LogP) is 3.55. The molecule has 0 bridgehead atoms. The van der Waals surface area contributed by atoms with Gasteiger partial charge in [0.15, 0.2) is 0 Å². The minimum Gasteiger partial charge on any atom is -0.481 e. The Hall–Kier alpha value is -0.610. The van der Waals surface area contributed by atoms with Crippen molar-refractivity contribution < 1.29 is 14.6 Å². The zero-order valence-electron chi connectivity index (χ0n) is 13.9. The summed E-state index contributed by atoms with van der Waals surface area (Å²) in [6.07, 6.45) is 9.62. The highest BCUT2D eigenvalue weighted by molar-refractivity contribution is 5.66. The summed E-state index contributed by atoms with van der Waals surface area (Å²) in [6.45, 7) is 7.40. The second kappa shape index (κ2) is 11.0.